The molecule has 4 heterocycles. The summed E-state index contributed by atoms with van der Waals surface area (Å²) in [5.74, 6) is -0.485. The summed E-state index contributed by atoms with van der Waals surface area (Å²) in [7, 11) is 1.37. The van der Waals surface area contributed by atoms with E-state index in [-0.39, 0.29) is 22.4 Å². The van der Waals surface area contributed by atoms with Crippen LogP contribution in [0.3, 0.4) is 0 Å². The maximum absolute atomic E-state index is 14.5. The van der Waals surface area contributed by atoms with E-state index in [2.05, 4.69) is 52.2 Å². The molecule has 0 aliphatic carbocycles. The van der Waals surface area contributed by atoms with Crippen molar-refractivity contribution < 1.29 is 19.2 Å². The molecule has 0 saturated carbocycles. The number of para-hydroxylation sites is 1. The van der Waals surface area contributed by atoms with Crippen LogP contribution in [0.4, 0.5) is 5.13 Å². The van der Waals surface area contributed by atoms with Gasteiger partial charge in [0.2, 0.25) is 5.05 Å². The van der Waals surface area contributed by atoms with Crippen molar-refractivity contribution in [3.63, 3.8) is 0 Å². The second-order valence-corrected chi connectivity index (χ2v) is 18.8. The molecule has 8 aromatic rings. The number of aromatic nitrogens is 2. The van der Waals surface area contributed by atoms with E-state index >= 15 is 0 Å². The Morgan fingerprint density at radius 3 is 1.88 bits per heavy atom. The number of hydrogen-bond acceptors (Lipinski definition) is 12. The fourth-order valence-electron chi connectivity index (χ4n) is 8.41. The van der Waals surface area contributed by atoms with E-state index in [0.29, 0.717) is 16.6 Å². The molecule has 2 aliphatic rings. The van der Waals surface area contributed by atoms with Crippen molar-refractivity contribution in [3.05, 3.63) is 226 Å². The van der Waals surface area contributed by atoms with E-state index in [1.54, 1.807) is 10.3 Å². The lowest BCUT2D eigenvalue weighted by Gasteiger charge is -2.50. The molecule has 10 nitrogen and oxygen atoms in total. The van der Waals surface area contributed by atoms with Crippen molar-refractivity contribution >= 4 is 90.2 Å². The molecule has 326 valence electrons. The van der Waals surface area contributed by atoms with Gasteiger partial charge in [-0.05, 0) is 52.2 Å². The van der Waals surface area contributed by atoms with Crippen LogP contribution in [0.2, 0.25) is 0 Å². The van der Waals surface area contributed by atoms with Gasteiger partial charge in [-0.15, -0.1) is 34.4 Å². The third-order valence-corrected chi connectivity index (χ3v) is 14.9. The third-order valence-electron chi connectivity index (χ3n) is 11.5. The van der Waals surface area contributed by atoms with Gasteiger partial charge in [-0.2, -0.15) is 0 Å². The number of thioether (sulfide) groups is 1. The minimum Gasteiger partial charge on any atom is -0.469 e. The summed E-state index contributed by atoms with van der Waals surface area (Å²) in [5, 5.41) is 13.6. The second kappa shape index (κ2) is 18.9. The average molecular weight is 941 g/mol. The number of carbonyl (C=O) groups is 2. The van der Waals surface area contributed by atoms with Crippen molar-refractivity contribution in [2.24, 2.45) is 5.16 Å². The molecule has 1 fully saturated rings. The lowest BCUT2D eigenvalue weighted by Crippen LogP contribution is -2.71. The number of thiocarbonyl (C=S) groups is 1. The van der Waals surface area contributed by atoms with Crippen LogP contribution >= 0.6 is 46.7 Å². The van der Waals surface area contributed by atoms with Crippen LogP contribution in [-0.2, 0) is 24.7 Å². The molecular formula is C52H40N6O4S4. The van der Waals surface area contributed by atoms with Crippen LogP contribution in [-0.4, -0.2) is 61.7 Å². The number of oxime groups is 1. The summed E-state index contributed by atoms with van der Waals surface area (Å²) in [6.45, 7) is 0. The van der Waals surface area contributed by atoms with Gasteiger partial charge in [0.1, 0.15) is 46.6 Å². The van der Waals surface area contributed by atoms with Crippen LogP contribution in [0, 0.1) is 0 Å². The standard InChI is InChI=1S/C52H40N6O4S4/c1-61-57-42(40-32-65-51(54-40)56-52(35-23-11-4-12-24-35,36-25-13-5-14-26-36)37-27-15-6-16-28-37)46(59)55-43-48(60)58-44(38(31-64-49(43)58)47-53-39-29-17-18-30-41(39)66-47)50(63)62-45(33-19-7-2-8-20-33)34-21-9-3-10-22-34/h2-30,32,43,45,49H,31H2,1H3,(H,54,56)(H,55,59)/b57-42-/t43?,49-/m1/s1. The predicted octanol–water partition coefficient (Wildman–Crippen LogP) is 10.5. The summed E-state index contributed by atoms with van der Waals surface area (Å²) in [5.41, 5.74) is 6.30. The average Bonchev–Trinajstić information content (AvgIpc) is 4.04. The molecule has 2 N–H and O–H groups in total. The molecule has 2 aromatic heterocycles. The maximum atomic E-state index is 14.5. The quantitative estimate of drug-likeness (QED) is 0.0361. The molecule has 2 atom stereocenters. The van der Waals surface area contributed by atoms with Crippen LogP contribution in [0.1, 0.15) is 44.6 Å². The lowest BCUT2D eigenvalue weighted by molar-refractivity contribution is -0.144. The molecule has 6 aromatic carbocycles. The van der Waals surface area contributed by atoms with Gasteiger partial charge in [0.05, 0.1) is 10.2 Å². The SMILES string of the molecule is CO/N=C(\C(=O)NC1C(=O)N2C(C(=S)OC(c3ccccc3)c3ccccc3)=C(c3nc4ccccc4s3)CS[C@H]12)c1csc(NC(c2ccccc2)(c2ccccc2)c2ccccc2)n1. The van der Waals surface area contributed by atoms with Gasteiger partial charge >= 0.3 is 0 Å². The molecule has 0 radical (unpaired) electrons. The molecule has 0 spiro atoms. The van der Waals surface area contributed by atoms with Crippen LogP contribution < -0.4 is 10.6 Å². The van der Waals surface area contributed by atoms with Gasteiger partial charge in [0, 0.05) is 16.7 Å². The molecule has 0 bridgehead atoms. The van der Waals surface area contributed by atoms with Crippen molar-refractivity contribution in [3.8, 4) is 0 Å². The van der Waals surface area contributed by atoms with Gasteiger partial charge in [0.25, 0.3) is 11.8 Å². The van der Waals surface area contributed by atoms with Gasteiger partial charge < -0.3 is 20.2 Å². The molecular weight excluding hydrogens is 901 g/mol. The van der Waals surface area contributed by atoms with Crippen LogP contribution in [0.25, 0.3) is 15.8 Å². The van der Waals surface area contributed by atoms with E-state index in [9.17, 15) is 9.59 Å². The fourth-order valence-corrected chi connectivity index (χ4v) is 11.9. The number of carbonyl (C=O) groups excluding carboxylic acids is 2. The Morgan fingerprint density at radius 1 is 0.773 bits per heavy atom. The van der Waals surface area contributed by atoms with Gasteiger partial charge in [-0.1, -0.05) is 169 Å². The first-order valence-electron chi connectivity index (χ1n) is 21.1. The maximum Gasteiger partial charge on any atom is 0.276 e. The van der Waals surface area contributed by atoms with Gasteiger partial charge in [-0.25, -0.2) is 9.97 Å². The molecule has 14 heteroatoms. The largest absolute Gasteiger partial charge is 0.469 e. The Balaban J connectivity index is 0.946. The lowest BCUT2D eigenvalue weighted by atomic mass is 9.77. The number of ether oxygens (including phenoxy) is 1. The zero-order valence-corrected chi connectivity index (χ0v) is 38.6. The van der Waals surface area contributed by atoms with Gasteiger partial charge in [0.15, 0.2) is 10.8 Å². The summed E-state index contributed by atoms with van der Waals surface area (Å²) < 4.78 is 7.78. The molecule has 2 aliphatic heterocycles. The molecule has 66 heavy (non-hydrogen) atoms. The van der Waals surface area contributed by atoms with E-state index in [1.807, 2.05) is 140 Å². The number of fused-ring (bicyclic) bond motifs is 2. The summed E-state index contributed by atoms with van der Waals surface area (Å²) in [4.78, 5) is 45.7. The third kappa shape index (κ3) is 8.17. The Morgan fingerprint density at radius 2 is 1.32 bits per heavy atom. The number of anilines is 1. The monoisotopic (exact) mass is 940 g/mol. The highest BCUT2D eigenvalue weighted by Crippen LogP contribution is 2.46. The summed E-state index contributed by atoms with van der Waals surface area (Å²) in [6, 6.07) is 57.3. The van der Waals surface area contributed by atoms with Gasteiger partial charge in [-0.3, -0.25) is 14.5 Å². The van der Waals surface area contributed by atoms with E-state index in [4.69, 9.17) is 31.8 Å². The number of β-lactam (4-membered cyclic amide) rings is 1. The molecule has 10 rings (SSSR count). The van der Waals surface area contributed by atoms with E-state index in [0.717, 1.165) is 48.6 Å². The number of nitrogens with one attached hydrogen (secondary N) is 2. The Bertz CT molecular complexity index is 2920. The normalized spacial score (nSPS) is 16.1. The Labute approximate surface area is 399 Å². The molecule has 1 saturated heterocycles. The number of amides is 2. The fraction of sp³-hybridized carbons (Fsp3) is 0.115. The topological polar surface area (TPSA) is 118 Å². The first-order valence-corrected chi connectivity index (χ1v) is 24.3. The molecule has 1 unspecified atom stereocenters. The van der Waals surface area contributed by atoms with Crippen molar-refractivity contribution in [2.45, 2.75) is 23.1 Å². The number of rotatable bonds is 14. The van der Waals surface area contributed by atoms with Crippen LogP contribution in [0.15, 0.2) is 192 Å². The van der Waals surface area contributed by atoms with Crippen molar-refractivity contribution in [1.29, 1.82) is 0 Å². The smallest absolute Gasteiger partial charge is 0.276 e. The summed E-state index contributed by atoms with van der Waals surface area (Å²) in [6.07, 6.45) is -0.549. The van der Waals surface area contributed by atoms with Crippen LogP contribution in [0.5, 0.6) is 0 Å². The highest BCUT2D eigenvalue weighted by atomic mass is 32.2. The predicted molar refractivity (Wildman–Crippen MR) is 268 cm³/mol. The number of thiazole rings is 2. The molecule has 2 amide bonds. The highest BCUT2D eigenvalue weighted by Gasteiger charge is 2.54. The zero-order valence-electron chi connectivity index (χ0n) is 35.3. The first kappa shape index (κ1) is 43.0. The van der Waals surface area contributed by atoms with Crippen molar-refractivity contribution in [1.82, 2.24) is 20.2 Å². The van der Waals surface area contributed by atoms with Crippen molar-refractivity contribution in [2.75, 3.05) is 18.2 Å². The van der Waals surface area contributed by atoms with E-state index in [1.165, 1.54) is 41.5 Å². The number of hydrogen-bond donors (Lipinski definition) is 2. The summed E-state index contributed by atoms with van der Waals surface area (Å²) >= 11 is 10.6. The number of nitrogens with zero attached hydrogens (tertiary/aromatic N) is 4. The zero-order chi connectivity index (χ0) is 45.0. The Hall–Kier alpha value is -6.97. The second-order valence-electron chi connectivity index (χ2n) is 15.4. The minimum atomic E-state index is -0.906. The minimum absolute atomic E-state index is 0.0723. The first-order chi connectivity index (χ1) is 32.4. The van der Waals surface area contributed by atoms with E-state index < -0.39 is 29.0 Å². The number of benzene rings is 6. The Kier molecular flexibility index (Phi) is 12.3. The highest BCUT2D eigenvalue weighted by molar-refractivity contribution is 8.00.